The molecule has 0 bridgehead atoms. The van der Waals surface area contributed by atoms with Crippen molar-refractivity contribution < 1.29 is 4.79 Å². The maximum atomic E-state index is 12.2. The van der Waals surface area contributed by atoms with Crippen molar-refractivity contribution >= 4 is 35.8 Å². The molecule has 2 aromatic rings. The number of nitrogens with one attached hydrogen (secondary N) is 2. The van der Waals surface area contributed by atoms with Gasteiger partial charge in [0.1, 0.15) is 12.1 Å². The first kappa shape index (κ1) is 21.1. The summed E-state index contributed by atoms with van der Waals surface area (Å²) in [4.78, 5) is 27.0. The molecule has 2 aromatic heterocycles. The Balaban J connectivity index is 0.00000261. The second-order valence-electron chi connectivity index (χ2n) is 6.13. The highest BCUT2D eigenvalue weighted by Gasteiger charge is 2.17. The Morgan fingerprint density at radius 1 is 1.26 bits per heavy atom. The SMILES string of the molecule is CCNC(=NCc1ccnc(-n2ccnc2)c1)NCC(=O)N1CCCC1.I. The van der Waals surface area contributed by atoms with Gasteiger partial charge in [-0.05, 0) is 37.5 Å². The Bertz CT molecular complexity index is 742. The molecular weight excluding hydrogens is 457 g/mol. The van der Waals surface area contributed by atoms with Gasteiger partial charge in [-0.15, -0.1) is 24.0 Å². The largest absolute Gasteiger partial charge is 0.357 e. The molecule has 27 heavy (non-hydrogen) atoms. The van der Waals surface area contributed by atoms with Crippen LogP contribution < -0.4 is 10.6 Å². The minimum absolute atomic E-state index is 0. The number of pyridine rings is 1. The van der Waals surface area contributed by atoms with E-state index in [0.29, 0.717) is 12.5 Å². The monoisotopic (exact) mass is 483 g/mol. The number of likely N-dealkylation sites (tertiary alicyclic amines) is 1. The summed E-state index contributed by atoms with van der Waals surface area (Å²) in [5, 5.41) is 6.30. The lowest BCUT2D eigenvalue weighted by Crippen LogP contribution is -2.44. The second kappa shape index (κ2) is 10.9. The van der Waals surface area contributed by atoms with Gasteiger partial charge in [0.2, 0.25) is 5.91 Å². The van der Waals surface area contributed by atoms with E-state index in [-0.39, 0.29) is 36.4 Å². The van der Waals surface area contributed by atoms with Gasteiger partial charge >= 0.3 is 0 Å². The molecule has 1 amide bonds. The van der Waals surface area contributed by atoms with Crippen LogP contribution in [0, 0.1) is 0 Å². The van der Waals surface area contributed by atoms with Crippen molar-refractivity contribution in [3.05, 3.63) is 42.6 Å². The Morgan fingerprint density at radius 2 is 2.07 bits per heavy atom. The number of guanidine groups is 1. The lowest BCUT2D eigenvalue weighted by atomic mass is 10.2. The molecule has 146 valence electrons. The van der Waals surface area contributed by atoms with E-state index >= 15 is 0 Å². The van der Waals surface area contributed by atoms with Crippen LogP contribution in [0.1, 0.15) is 25.3 Å². The quantitative estimate of drug-likeness (QED) is 0.370. The molecule has 8 nitrogen and oxygen atoms in total. The third kappa shape index (κ3) is 6.19. The molecule has 0 aromatic carbocycles. The van der Waals surface area contributed by atoms with Gasteiger partial charge in [-0.3, -0.25) is 9.36 Å². The minimum atomic E-state index is 0. The summed E-state index contributed by atoms with van der Waals surface area (Å²) >= 11 is 0. The van der Waals surface area contributed by atoms with Gasteiger partial charge < -0.3 is 15.5 Å². The number of amides is 1. The number of hydrogen-bond donors (Lipinski definition) is 2. The van der Waals surface area contributed by atoms with Gasteiger partial charge in [-0.2, -0.15) is 0 Å². The van der Waals surface area contributed by atoms with Gasteiger partial charge in [0.15, 0.2) is 5.96 Å². The van der Waals surface area contributed by atoms with Gasteiger partial charge in [0.05, 0.1) is 13.1 Å². The standard InChI is InChI=1S/C18H25N7O.HI/c1-2-20-18(23-13-17(26)24-8-3-4-9-24)22-12-15-5-6-21-16(11-15)25-10-7-19-14-25;/h5-7,10-11,14H,2-4,8-9,12-13H2,1H3,(H2,20,22,23);1H. The molecule has 1 saturated heterocycles. The minimum Gasteiger partial charge on any atom is -0.357 e. The number of rotatable bonds is 6. The zero-order valence-electron chi connectivity index (χ0n) is 15.5. The number of hydrogen-bond acceptors (Lipinski definition) is 4. The molecule has 3 rings (SSSR count). The zero-order valence-corrected chi connectivity index (χ0v) is 17.8. The van der Waals surface area contributed by atoms with Crippen LogP contribution in [0.15, 0.2) is 42.0 Å². The Morgan fingerprint density at radius 3 is 2.78 bits per heavy atom. The van der Waals surface area contributed by atoms with Gasteiger partial charge in [0.25, 0.3) is 0 Å². The van der Waals surface area contributed by atoms with Crippen LogP contribution in [-0.2, 0) is 11.3 Å². The third-order valence-corrected chi connectivity index (χ3v) is 4.21. The van der Waals surface area contributed by atoms with E-state index in [1.54, 1.807) is 18.7 Å². The Labute approximate surface area is 176 Å². The van der Waals surface area contributed by atoms with Crippen molar-refractivity contribution in [2.24, 2.45) is 4.99 Å². The molecular formula is C18H26IN7O. The van der Waals surface area contributed by atoms with Crippen molar-refractivity contribution in [1.29, 1.82) is 0 Å². The van der Waals surface area contributed by atoms with Crippen LogP contribution in [0.2, 0.25) is 0 Å². The topological polar surface area (TPSA) is 87.4 Å². The van der Waals surface area contributed by atoms with E-state index in [2.05, 4.69) is 25.6 Å². The number of carbonyl (C=O) groups is 1. The smallest absolute Gasteiger partial charge is 0.241 e. The predicted octanol–water partition coefficient (Wildman–Crippen LogP) is 1.56. The van der Waals surface area contributed by atoms with Crippen molar-refractivity contribution in [2.45, 2.75) is 26.3 Å². The fourth-order valence-electron chi connectivity index (χ4n) is 2.84. The first-order valence-electron chi connectivity index (χ1n) is 8.99. The summed E-state index contributed by atoms with van der Waals surface area (Å²) in [7, 11) is 0. The number of nitrogens with zero attached hydrogens (tertiary/aromatic N) is 5. The highest BCUT2D eigenvalue weighted by molar-refractivity contribution is 14.0. The summed E-state index contributed by atoms with van der Waals surface area (Å²) in [5.41, 5.74) is 1.03. The Hall–Kier alpha value is -2.17. The molecule has 0 aliphatic carbocycles. The molecule has 0 radical (unpaired) electrons. The van der Waals surface area contributed by atoms with Crippen LogP contribution in [0.3, 0.4) is 0 Å². The first-order valence-corrected chi connectivity index (χ1v) is 8.99. The third-order valence-electron chi connectivity index (χ3n) is 4.21. The van der Waals surface area contributed by atoms with Crippen LogP contribution in [-0.4, -0.2) is 57.5 Å². The number of imidazole rings is 1. The van der Waals surface area contributed by atoms with Crippen LogP contribution >= 0.6 is 24.0 Å². The molecule has 2 N–H and O–H groups in total. The van der Waals surface area contributed by atoms with E-state index in [1.165, 1.54) is 0 Å². The number of carbonyl (C=O) groups excluding carboxylic acids is 1. The van der Waals surface area contributed by atoms with E-state index in [1.807, 2.05) is 34.7 Å². The van der Waals surface area contributed by atoms with E-state index in [4.69, 9.17) is 0 Å². The molecule has 1 fully saturated rings. The highest BCUT2D eigenvalue weighted by Crippen LogP contribution is 2.08. The van der Waals surface area contributed by atoms with Crippen molar-refractivity contribution in [1.82, 2.24) is 30.1 Å². The maximum absolute atomic E-state index is 12.2. The highest BCUT2D eigenvalue weighted by atomic mass is 127. The van der Waals surface area contributed by atoms with Gasteiger partial charge in [-0.1, -0.05) is 0 Å². The predicted molar refractivity (Wildman–Crippen MR) is 115 cm³/mol. The molecule has 0 atom stereocenters. The van der Waals surface area contributed by atoms with Crippen molar-refractivity contribution in [2.75, 3.05) is 26.2 Å². The average Bonchev–Trinajstić information content (AvgIpc) is 3.38. The molecule has 9 heteroatoms. The van der Waals surface area contributed by atoms with Crippen LogP contribution in [0.5, 0.6) is 0 Å². The summed E-state index contributed by atoms with van der Waals surface area (Å²) in [6.45, 7) is 5.23. The van der Waals surface area contributed by atoms with E-state index in [0.717, 1.165) is 43.9 Å². The fourth-order valence-corrected chi connectivity index (χ4v) is 2.84. The fraction of sp³-hybridized carbons (Fsp3) is 0.444. The number of aromatic nitrogens is 3. The van der Waals surface area contributed by atoms with Gasteiger partial charge in [0, 0.05) is 38.2 Å². The Kier molecular flexibility index (Phi) is 8.49. The molecule has 3 heterocycles. The average molecular weight is 483 g/mol. The number of aliphatic imine (C=N–C) groups is 1. The van der Waals surface area contributed by atoms with Crippen LogP contribution in [0.4, 0.5) is 0 Å². The lowest BCUT2D eigenvalue weighted by molar-refractivity contribution is -0.128. The molecule has 0 spiro atoms. The molecule has 0 unspecified atom stereocenters. The lowest BCUT2D eigenvalue weighted by Gasteiger charge is -2.17. The van der Waals surface area contributed by atoms with E-state index < -0.39 is 0 Å². The summed E-state index contributed by atoms with van der Waals surface area (Å²) in [6.07, 6.45) is 9.24. The maximum Gasteiger partial charge on any atom is 0.241 e. The molecule has 0 saturated carbocycles. The molecule has 1 aliphatic rings. The summed E-state index contributed by atoms with van der Waals surface area (Å²) < 4.78 is 1.85. The van der Waals surface area contributed by atoms with Crippen molar-refractivity contribution in [3.63, 3.8) is 0 Å². The summed E-state index contributed by atoms with van der Waals surface area (Å²) in [6, 6.07) is 3.91. The number of halogens is 1. The zero-order chi connectivity index (χ0) is 18.2. The second-order valence-corrected chi connectivity index (χ2v) is 6.13. The summed E-state index contributed by atoms with van der Waals surface area (Å²) in [5.74, 6) is 1.57. The van der Waals surface area contributed by atoms with Crippen molar-refractivity contribution in [3.8, 4) is 5.82 Å². The normalized spacial score (nSPS) is 14.0. The van der Waals surface area contributed by atoms with Crippen LogP contribution in [0.25, 0.3) is 5.82 Å². The van der Waals surface area contributed by atoms with Gasteiger partial charge in [-0.25, -0.2) is 15.0 Å². The molecule has 1 aliphatic heterocycles. The van der Waals surface area contributed by atoms with E-state index in [9.17, 15) is 4.79 Å². The first-order chi connectivity index (χ1) is 12.8.